The normalized spacial score (nSPS) is 11.8. The first-order valence-corrected chi connectivity index (χ1v) is 7.54. The van der Waals surface area contributed by atoms with Crippen LogP contribution in [0.5, 0.6) is 0 Å². The fourth-order valence-electron chi connectivity index (χ4n) is 2.34. The van der Waals surface area contributed by atoms with E-state index in [2.05, 4.69) is 13.5 Å². The topological polar surface area (TPSA) is 26.3 Å². The Morgan fingerprint density at radius 1 is 1.33 bits per heavy atom. The Hall–Kier alpha value is -1.83. The zero-order chi connectivity index (χ0) is 15.8. The molecular weight excluding hydrogens is 260 g/mol. The summed E-state index contributed by atoms with van der Waals surface area (Å²) in [5.74, 6) is 0.778. The molecule has 0 aliphatic rings. The van der Waals surface area contributed by atoms with Gasteiger partial charge in [0.1, 0.15) is 5.76 Å². The second kappa shape index (κ2) is 8.46. The molecule has 0 heterocycles. The monoisotopic (exact) mass is 286 g/mol. The molecule has 0 saturated heterocycles. The minimum atomic E-state index is 0.661. The molecule has 0 spiro atoms. The van der Waals surface area contributed by atoms with E-state index in [0.717, 1.165) is 60.0 Å². The van der Waals surface area contributed by atoms with Gasteiger partial charge in [-0.15, -0.1) is 0 Å². The third-order valence-electron chi connectivity index (χ3n) is 3.69. The number of methoxy groups -OCH3 is 1. The van der Waals surface area contributed by atoms with Crippen molar-refractivity contribution in [3.8, 4) is 0 Å². The van der Waals surface area contributed by atoms with E-state index >= 15 is 0 Å². The van der Waals surface area contributed by atoms with Crippen molar-refractivity contribution < 1.29 is 9.53 Å². The summed E-state index contributed by atoms with van der Waals surface area (Å²) in [7, 11) is 1.64. The lowest BCUT2D eigenvalue weighted by atomic mass is 9.94. The lowest BCUT2D eigenvalue weighted by molar-refractivity contribution is -0.103. The number of carbonyl (C=O) groups is 1. The van der Waals surface area contributed by atoms with Crippen molar-refractivity contribution in [3.63, 3.8) is 0 Å². The third-order valence-corrected chi connectivity index (χ3v) is 3.69. The molecule has 0 radical (unpaired) electrons. The fraction of sp³-hybridized carbons (Fsp3) is 0.421. The van der Waals surface area contributed by atoms with Crippen LogP contribution in [0, 0.1) is 6.92 Å². The summed E-state index contributed by atoms with van der Waals surface area (Å²) >= 11 is 0. The van der Waals surface area contributed by atoms with Crippen LogP contribution in [0.3, 0.4) is 0 Å². The van der Waals surface area contributed by atoms with Gasteiger partial charge in [-0.25, -0.2) is 0 Å². The van der Waals surface area contributed by atoms with Crippen LogP contribution in [0.25, 0.3) is 11.1 Å². The summed E-state index contributed by atoms with van der Waals surface area (Å²) in [6.07, 6.45) is 5.04. The van der Waals surface area contributed by atoms with E-state index in [1.807, 2.05) is 32.0 Å². The van der Waals surface area contributed by atoms with Gasteiger partial charge in [-0.2, -0.15) is 0 Å². The van der Waals surface area contributed by atoms with Gasteiger partial charge in [0, 0.05) is 6.42 Å². The Balaban J connectivity index is 3.26. The Bertz CT molecular complexity index is 538. The molecule has 0 unspecified atom stereocenters. The molecule has 114 valence electrons. The Kier molecular flexibility index (Phi) is 6.93. The van der Waals surface area contributed by atoms with Crippen molar-refractivity contribution in [2.45, 2.75) is 46.5 Å². The van der Waals surface area contributed by atoms with Crippen molar-refractivity contribution >= 4 is 17.4 Å². The molecule has 2 heteroatoms. The SMILES string of the molecule is C=C(C)c1ccc(C)c(/C(C=O)=C(\CCCCC)OC)c1. The molecular formula is C19H26O2. The molecule has 1 rings (SSSR count). The quantitative estimate of drug-likeness (QED) is 0.285. The van der Waals surface area contributed by atoms with Crippen molar-refractivity contribution in [1.82, 2.24) is 0 Å². The number of rotatable bonds is 8. The fourth-order valence-corrected chi connectivity index (χ4v) is 2.34. The largest absolute Gasteiger partial charge is 0.500 e. The second-order valence-corrected chi connectivity index (χ2v) is 5.43. The van der Waals surface area contributed by atoms with Crippen LogP contribution < -0.4 is 0 Å². The molecule has 0 aliphatic carbocycles. The molecule has 0 N–H and O–H groups in total. The second-order valence-electron chi connectivity index (χ2n) is 5.43. The van der Waals surface area contributed by atoms with E-state index < -0.39 is 0 Å². The number of allylic oxidation sites excluding steroid dienone is 3. The van der Waals surface area contributed by atoms with Gasteiger partial charge in [0.05, 0.1) is 12.7 Å². The summed E-state index contributed by atoms with van der Waals surface area (Å²) in [5, 5.41) is 0. The van der Waals surface area contributed by atoms with E-state index in [1.165, 1.54) is 0 Å². The summed E-state index contributed by atoms with van der Waals surface area (Å²) in [4.78, 5) is 11.6. The van der Waals surface area contributed by atoms with Crippen LogP contribution in [0.4, 0.5) is 0 Å². The van der Waals surface area contributed by atoms with E-state index in [1.54, 1.807) is 7.11 Å². The maximum atomic E-state index is 11.6. The molecule has 2 nitrogen and oxygen atoms in total. The standard InChI is InChI=1S/C19H26O2/c1-6-7-8-9-19(21-5)18(13-20)17-12-16(14(2)3)11-10-15(17)4/h10-13H,2,6-9H2,1,3-5H3/b19-18+. The Morgan fingerprint density at radius 3 is 2.57 bits per heavy atom. The highest BCUT2D eigenvalue weighted by molar-refractivity contribution is 6.08. The van der Waals surface area contributed by atoms with E-state index in [4.69, 9.17) is 4.74 Å². The number of hydrogen-bond acceptors (Lipinski definition) is 2. The first kappa shape index (κ1) is 17.2. The van der Waals surface area contributed by atoms with Gasteiger partial charge in [-0.3, -0.25) is 4.79 Å². The number of aldehydes is 1. The number of hydrogen-bond donors (Lipinski definition) is 0. The van der Waals surface area contributed by atoms with Crippen molar-refractivity contribution in [1.29, 1.82) is 0 Å². The van der Waals surface area contributed by atoms with Gasteiger partial charge in [-0.05, 0) is 43.0 Å². The lowest BCUT2D eigenvalue weighted by Gasteiger charge is -2.14. The Morgan fingerprint density at radius 2 is 2.05 bits per heavy atom. The molecule has 1 aromatic carbocycles. The highest BCUT2D eigenvalue weighted by atomic mass is 16.5. The molecule has 0 fully saturated rings. The Labute approximate surface area is 128 Å². The maximum Gasteiger partial charge on any atom is 0.154 e. The molecule has 21 heavy (non-hydrogen) atoms. The average molecular weight is 286 g/mol. The number of unbranched alkanes of at least 4 members (excludes halogenated alkanes) is 2. The van der Waals surface area contributed by atoms with Crippen LogP contribution in [0.2, 0.25) is 0 Å². The predicted octanol–water partition coefficient (Wildman–Crippen LogP) is 5.16. The molecule has 0 aliphatic heterocycles. The van der Waals surface area contributed by atoms with Gasteiger partial charge in [0.25, 0.3) is 0 Å². The molecule has 0 aromatic heterocycles. The summed E-state index contributed by atoms with van der Waals surface area (Å²) in [6.45, 7) is 10.1. The van der Waals surface area contributed by atoms with E-state index in [0.29, 0.717) is 5.57 Å². The first-order chi connectivity index (χ1) is 10.0. The molecule has 0 saturated carbocycles. The zero-order valence-corrected chi connectivity index (χ0v) is 13.7. The summed E-state index contributed by atoms with van der Waals surface area (Å²) < 4.78 is 5.49. The van der Waals surface area contributed by atoms with Crippen molar-refractivity contribution in [2.24, 2.45) is 0 Å². The minimum Gasteiger partial charge on any atom is -0.500 e. The van der Waals surface area contributed by atoms with Gasteiger partial charge in [0.15, 0.2) is 6.29 Å². The number of carbonyl (C=O) groups excluding carboxylic acids is 1. The number of ether oxygens (including phenoxy) is 1. The first-order valence-electron chi connectivity index (χ1n) is 7.54. The molecule has 0 atom stereocenters. The molecule has 1 aromatic rings. The van der Waals surface area contributed by atoms with Gasteiger partial charge in [0.2, 0.25) is 0 Å². The van der Waals surface area contributed by atoms with Crippen LogP contribution in [0.15, 0.2) is 30.5 Å². The van der Waals surface area contributed by atoms with Gasteiger partial charge < -0.3 is 4.74 Å². The highest BCUT2D eigenvalue weighted by Crippen LogP contribution is 2.27. The molecule has 0 amide bonds. The van der Waals surface area contributed by atoms with Gasteiger partial charge in [-0.1, -0.05) is 44.1 Å². The van der Waals surface area contributed by atoms with Crippen molar-refractivity contribution in [2.75, 3.05) is 7.11 Å². The number of aryl methyl sites for hydroxylation is 1. The third kappa shape index (κ3) is 4.59. The van der Waals surface area contributed by atoms with Crippen LogP contribution >= 0.6 is 0 Å². The van der Waals surface area contributed by atoms with Crippen molar-refractivity contribution in [3.05, 3.63) is 47.2 Å². The summed E-state index contributed by atoms with van der Waals surface area (Å²) in [6, 6.07) is 6.09. The predicted molar refractivity (Wildman–Crippen MR) is 90.0 cm³/mol. The van der Waals surface area contributed by atoms with Crippen LogP contribution in [0.1, 0.15) is 56.2 Å². The highest BCUT2D eigenvalue weighted by Gasteiger charge is 2.13. The van der Waals surface area contributed by atoms with E-state index in [9.17, 15) is 4.79 Å². The average Bonchev–Trinajstić information content (AvgIpc) is 2.47. The summed E-state index contributed by atoms with van der Waals surface area (Å²) in [5.41, 5.74) is 4.73. The van der Waals surface area contributed by atoms with Crippen LogP contribution in [-0.2, 0) is 9.53 Å². The maximum absolute atomic E-state index is 11.6. The number of benzene rings is 1. The molecule has 0 bridgehead atoms. The zero-order valence-electron chi connectivity index (χ0n) is 13.7. The van der Waals surface area contributed by atoms with E-state index in [-0.39, 0.29) is 0 Å². The minimum absolute atomic E-state index is 0.661. The smallest absolute Gasteiger partial charge is 0.154 e. The lowest BCUT2D eigenvalue weighted by Crippen LogP contribution is -2.00. The van der Waals surface area contributed by atoms with Crippen LogP contribution in [-0.4, -0.2) is 13.4 Å². The van der Waals surface area contributed by atoms with Gasteiger partial charge >= 0.3 is 0 Å².